The molecule has 0 aliphatic carbocycles. The predicted molar refractivity (Wildman–Crippen MR) is 74.6 cm³/mol. The van der Waals surface area contributed by atoms with E-state index in [0.717, 1.165) is 6.20 Å². The maximum atomic E-state index is 12.1. The summed E-state index contributed by atoms with van der Waals surface area (Å²) in [7, 11) is 0. The first-order chi connectivity index (χ1) is 9.90. The summed E-state index contributed by atoms with van der Waals surface area (Å²) in [5.41, 5.74) is -0.00772. The van der Waals surface area contributed by atoms with Crippen LogP contribution in [0.5, 0.6) is 0 Å². The number of nitro groups is 2. The van der Waals surface area contributed by atoms with E-state index >= 15 is 0 Å². The van der Waals surface area contributed by atoms with Gasteiger partial charge in [0.1, 0.15) is 11.8 Å². The number of carbonyl (C=O) groups is 1. The Morgan fingerprint density at radius 1 is 1.29 bits per heavy atom. The number of anilines is 1. The molecular weight excluding hydrogens is 300 g/mol. The van der Waals surface area contributed by atoms with Crippen molar-refractivity contribution in [2.45, 2.75) is 6.92 Å². The van der Waals surface area contributed by atoms with Crippen LogP contribution in [-0.4, -0.2) is 20.7 Å². The SMILES string of the molecule is Cc1cccc([N+](=O)[O-])c1C(=O)Nc1ncc([N+](=O)[O-])s1. The van der Waals surface area contributed by atoms with E-state index in [2.05, 4.69) is 10.3 Å². The van der Waals surface area contributed by atoms with Gasteiger partial charge < -0.3 is 0 Å². The Labute approximate surface area is 121 Å². The van der Waals surface area contributed by atoms with Crippen molar-refractivity contribution in [3.63, 3.8) is 0 Å². The van der Waals surface area contributed by atoms with Gasteiger partial charge in [0.15, 0.2) is 5.13 Å². The Morgan fingerprint density at radius 3 is 2.57 bits per heavy atom. The van der Waals surface area contributed by atoms with Crippen molar-refractivity contribution in [1.29, 1.82) is 0 Å². The van der Waals surface area contributed by atoms with Crippen LogP contribution in [0.1, 0.15) is 15.9 Å². The number of nitro benzene ring substituents is 1. The van der Waals surface area contributed by atoms with E-state index in [1.165, 1.54) is 12.1 Å². The van der Waals surface area contributed by atoms with Gasteiger partial charge in [-0.15, -0.1) is 0 Å². The minimum Gasteiger partial charge on any atom is -0.297 e. The van der Waals surface area contributed by atoms with Crippen molar-refractivity contribution in [3.05, 3.63) is 55.8 Å². The van der Waals surface area contributed by atoms with E-state index in [4.69, 9.17) is 0 Å². The summed E-state index contributed by atoms with van der Waals surface area (Å²) in [4.78, 5) is 36.0. The second-order valence-corrected chi connectivity index (χ2v) is 4.95. The second kappa shape index (κ2) is 5.63. The van der Waals surface area contributed by atoms with Gasteiger partial charge >= 0.3 is 5.00 Å². The van der Waals surface area contributed by atoms with Crippen LogP contribution < -0.4 is 5.32 Å². The van der Waals surface area contributed by atoms with Crippen molar-refractivity contribution in [2.24, 2.45) is 0 Å². The molecule has 1 heterocycles. The fraction of sp³-hybridized carbons (Fsp3) is 0.0909. The maximum Gasteiger partial charge on any atom is 0.345 e. The summed E-state index contributed by atoms with van der Waals surface area (Å²) in [6, 6.07) is 4.25. The first-order valence-corrected chi connectivity index (χ1v) is 6.37. The first-order valence-electron chi connectivity index (χ1n) is 5.55. The van der Waals surface area contributed by atoms with Crippen molar-refractivity contribution in [3.8, 4) is 0 Å². The standard InChI is InChI=1S/C11H8N4O5S/c1-6-3-2-4-7(14(17)18)9(6)10(16)13-11-12-5-8(21-11)15(19)20/h2-5H,1H3,(H,12,13,16). The third-order valence-electron chi connectivity index (χ3n) is 2.57. The molecule has 0 saturated heterocycles. The van der Waals surface area contributed by atoms with E-state index in [9.17, 15) is 25.0 Å². The van der Waals surface area contributed by atoms with Gasteiger partial charge in [0.2, 0.25) is 0 Å². The monoisotopic (exact) mass is 308 g/mol. The predicted octanol–water partition coefficient (Wildman–Crippen LogP) is 2.52. The first kappa shape index (κ1) is 14.5. The van der Waals surface area contributed by atoms with Crippen LogP contribution in [0.2, 0.25) is 0 Å². The van der Waals surface area contributed by atoms with E-state index in [1.54, 1.807) is 13.0 Å². The quantitative estimate of drug-likeness (QED) is 0.682. The molecular formula is C11H8N4O5S. The van der Waals surface area contributed by atoms with Crippen LogP contribution in [0.3, 0.4) is 0 Å². The van der Waals surface area contributed by atoms with Gasteiger partial charge in [-0.3, -0.25) is 30.3 Å². The van der Waals surface area contributed by atoms with Gasteiger partial charge in [-0.05, 0) is 23.8 Å². The normalized spacial score (nSPS) is 10.1. The zero-order valence-electron chi connectivity index (χ0n) is 10.6. The fourth-order valence-electron chi connectivity index (χ4n) is 1.67. The molecule has 10 heteroatoms. The Morgan fingerprint density at radius 2 is 2.00 bits per heavy atom. The number of nitrogens with one attached hydrogen (secondary N) is 1. The lowest BCUT2D eigenvalue weighted by Gasteiger charge is -2.05. The molecule has 0 aliphatic rings. The number of hydrogen-bond donors (Lipinski definition) is 1. The Hall–Kier alpha value is -2.88. The average Bonchev–Trinajstić information content (AvgIpc) is 2.86. The number of nitrogens with zero attached hydrogens (tertiary/aromatic N) is 3. The zero-order chi connectivity index (χ0) is 15.6. The molecule has 0 bridgehead atoms. The molecule has 0 atom stereocenters. The zero-order valence-corrected chi connectivity index (χ0v) is 11.4. The highest BCUT2D eigenvalue weighted by Crippen LogP contribution is 2.27. The van der Waals surface area contributed by atoms with Crippen LogP contribution in [0, 0.1) is 27.2 Å². The van der Waals surface area contributed by atoms with Crippen LogP contribution in [0.15, 0.2) is 24.4 Å². The van der Waals surface area contributed by atoms with Crippen LogP contribution in [0.4, 0.5) is 15.8 Å². The fourth-order valence-corrected chi connectivity index (χ4v) is 2.29. The summed E-state index contributed by atoms with van der Waals surface area (Å²) in [5, 5.41) is 23.6. The van der Waals surface area contributed by atoms with Crippen LogP contribution in [-0.2, 0) is 0 Å². The third-order valence-corrected chi connectivity index (χ3v) is 3.43. The van der Waals surface area contributed by atoms with E-state index in [-0.39, 0.29) is 21.4 Å². The summed E-state index contributed by atoms with van der Waals surface area (Å²) < 4.78 is 0. The van der Waals surface area contributed by atoms with Crippen LogP contribution >= 0.6 is 11.3 Å². The third kappa shape index (κ3) is 3.00. The highest BCUT2D eigenvalue weighted by molar-refractivity contribution is 7.18. The molecule has 0 radical (unpaired) electrons. The summed E-state index contributed by atoms with van der Waals surface area (Å²) in [6.45, 7) is 1.56. The van der Waals surface area contributed by atoms with Crippen molar-refractivity contribution in [2.75, 3.05) is 5.32 Å². The number of aryl methyl sites for hydroxylation is 1. The lowest BCUT2D eigenvalue weighted by Crippen LogP contribution is -2.15. The van der Waals surface area contributed by atoms with Gasteiger partial charge in [0, 0.05) is 6.07 Å². The van der Waals surface area contributed by atoms with Crippen molar-refractivity contribution >= 4 is 33.1 Å². The van der Waals surface area contributed by atoms with Gasteiger partial charge in [0.25, 0.3) is 11.6 Å². The molecule has 21 heavy (non-hydrogen) atoms. The molecule has 0 unspecified atom stereocenters. The molecule has 0 aliphatic heterocycles. The van der Waals surface area contributed by atoms with E-state index in [1.807, 2.05) is 0 Å². The molecule has 1 aromatic carbocycles. The Balaban J connectivity index is 2.32. The van der Waals surface area contributed by atoms with Gasteiger partial charge in [0.05, 0.1) is 9.85 Å². The van der Waals surface area contributed by atoms with Crippen LogP contribution in [0.25, 0.3) is 0 Å². The average molecular weight is 308 g/mol. The number of benzene rings is 1. The van der Waals surface area contributed by atoms with E-state index < -0.39 is 15.8 Å². The topological polar surface area (TPSA) is 128 Å². The highest BCUT2D eigenvalue weighted by atomic mass is 32.1. The number of thiazole rings is 1. The second-order valence-electron chi connectivity index (χ2n) is 3.94. The number of hydrogen-bond acceptors (Lipinski definition) is 7. The van der Waals surface area contributed by atoms with Gasteiger partial charge in [-0.2, -0.15) is 0 Å². The molecule has 0 spiro atoms. The maximum absolute atomic E-state index is 12.1. The molecule has 1 aromatic heterocycles. The molecule has 1 N–H and O–H groups in total. The summed E-state index contributed by atoms with van der Waals surface area (Å²) in [5.74, 6) is -0.732. The van der Waals surface area contributed by atoms with Crippen molar-refractivity contribution < 1.29 is 14.6 Å². The molecule has 0 saturated carbocycles. The number of amides is 1. The molecule has 108 valence electrons. The molecule has 2 aromatic rings. The Bertz CT molecular complexity index is 742. The Kier molecular flexibility index (Phi) is 3.89. The lowest BCUT2D eigenvalue weighted by molar-refractivity contribution is -0.385. The summed E-state index contributed by atoms with van der Waals surface area (Å²) in [6.07, 6.45) is 1.01. The van der Waals surface area contributed by atoms with Gasteiger partial charge in [-0.1, -0.05) is 12.1 Å². The summed E-state index contributed by atoms with van der Waals surface area (Å²) >= 11 is 0.672. The number of aromatic nitrogens is 1. The minimum atomic E-state index is -0.732. The largest absolute Gasteiger partial charge is 0.345 e. The molecule has 1 amide bonds. The lowest BCUT2D eigenvalue weighted by atomic mass is 10.1. The number of carbonyl (C=O) groups excluding carboxylic acids is 1. The smallest absolute Gasteiger partial charge is 0.297 e. The van der Waals surface area contributed by atoms with Crippen molar-refractivity contribution in [1.82, 2.24) is 4.98 Å². The highest BCUT2D eigenvalue weighted by Gasteiger charge is 2.23. The molecule has 2 rings (SSSR count). The number of rotatable bonds is 4. The molecule has 0 fully saturated rings. The van der Waals surface area contributed by atoms with Gasteiger partial charge in [-0.25, -0.2) is 4.98 Å². The minimum absolute atomic E-state index is 0.00394. The van der Waals surface area contributed by atoms with E-state index in [0.29, 0.717) is 16.9 Å². The molecule has 9 nitrogen and oxygen atoms in total.